The van der Waals surface area contributed by atoms with E-state index in [-0.39, 0.29) is 18.2 Å². The second-order valence-corrected chi connectivity index (χ2v) is 5.55. The van der Waals surface area contributed by atoms with Crippen LogP contribution in [-0.4, -0.2) is 13.2 Å². The number of hydrogen-bond acceptors (Lipinski definition) is 3. The normalized spacial score (nSPS) is 10.1. The van der Waals surface area contributed by atoms with Gasteiger partial charge in [0.25, 0.3) is 0 Å². The van der Waals surface area contributed by atoms with Crippen molar-refractivity contribution in [1.82, 2.24) is 0 Å². The molecule has 3 rings (SSSR count). The van der Waals surface area contributed by atoms with Crippen LogP contribution in [0.25, 0.3) is 11.1 Å². The smallest absolute Gasteiger partial charge is 0.162 e. The van der Waals surface area contributed by atoms with E-state index in [4.69, 9.17) is 15.2 Å². The Balaban J connectivity index is 0.00000243. The minimum atomic E-state index is -0.271. The largest absolute Gasteiger partial charge is 0.488 e. The van der Waals surface area contributed by atoms with Crippen molar-refractivity contribution in [2.75, 3.05) is 13.2 Å². The summed E-state index contributed by atoms with van der Waals surface area (Å²) < 4.78 is 25.7. The standard InChI is InChI=1S/C21H20FNO2.ClH/c22-19-9-5-4-8-18(19)17-10-11-20(24-13-12-23)21(14-17)25-15-16-6-2-1-3-7-16;/h1-11,14H,12-13,15,23H2;1H. The molecular weight excluding hydrogens is 353 g/mol. The second kappa shape index (κ2) is 9.80. The van der Waals surface area contributed by atoms with Gasteiger partial charge in [-0.15, -0.1) is 12.4 Å². The topological polar surface area (TPSA) is 44.5 Å². The van der Waals surface area contributed by atoms with Gasteiger partial charge in [0.05, 0.1) is 0 Å². The molecule has 0 aliphatic carbocycles. The Hall–Kier alpha value is -2.56. The lowest BCUT2D eigenvalue weighted by atomic mass is 10.0. The molecule has 3 aromatic carbocycles. The highest BCUT2D eigenvalue weighted by atomic mass is 35.5. The zero-order chi connectivity index (χ0) is 17.5. The summed E-state index contributed by atoms with van der Waals surface area (Å²) in [6, 6.07) is 21.9. The third kappa shape index (κ3) is 4.97. The van der Waals surface area contributed by atoms with E-state index in [0.717, 1.165) is 11.1 Å². The molecule has 5 heteroatoms. The highest BCUT2D eigenvalue weighted by Gasteiger charge is 2.11. The lowest BCUT2D eigenvalue weighted by molar-refractivity contribution is 0.266. The maximum absolute atomic E-state index is 14.1. The summed E-state index contributed by atoms with van der Waals surface area (Å²) in [6.07, 6.45) is 0. The van der Waals surface area contributed by atoms with Crippen LogP contribution < -0.4 is 15.2 Å². The summed E-state index contributed by atoms with van der Waals surface area (Å²) in [4.78, 5) is 0. The average molecular weight is 374 g/mol. The number of rotatable bonds is 7. The van der Waals surface area contributed by atoms with Gasteiger partial charge in [0, 0.05) is 12.1 Å². The molecule has 0 unspecified atom stereocenters. The fraction of sp³-hybridized carbons (Fsp3) is 0.143. The Morgan fingerprint density at radius 1 is 0.808 bits per heavy atom. The van der Waals surface area contributed by atoms with Crippen LogP contribution in [0.5, 0.6) is 11.5 Å². The van der Waals surface area contributed by atoms with Gasteiger partial charge in [-0.05, 0) is 29.3 Å². The minimum Gasteiger partial charge on any atom is -0.488 e. The lowest BCUT2D eigenvalue weighted by Gasteiger charge is -2.14. The van der Waals surface area contributed by atoms with Gasteiger partial charge < -0.3 is 15.2 Å². The maximum Gasteiger partial charge on any atom is 0.162 e. The van der Waals surface area contributed by atoms with Crippen molar-refractivity contribution >= 4 is 12.4 Å². The van der Waals surface area contributed by atoms with Gasteiger partial charge in [-0.2, -0.15) is 0 Å². The van der Waals surface area contributed by atoms with Crippen LogP contribution in [0.3, 0.4) is 0 Å². The Kier molecular flexibility index (Phi) is 7.45. The van der Waals surface area contributed by atoms with E-state index in [9.17, 15) is 4.39 Å². The second-order valence-electron chi connectivity index (χ2n) is 5.55. The Bertz CT molecular complexity index is 827. The van der Waals surface area contributed by atoms with Crippen LogP contribution in [0.15, 0.2) is 72.8 Å². The van der Waals surface area contributed by atoms with Crippen molar-refractivity contribution in [2.45, 2.75) is 6.61 Å². The van der Waals surface area contributed by atoms with Gasteiger partial charge in [0.1, 0.15) is 19.0 Å². The molecular formula is C21H21ClFNO2. The van der Waals surface area contributed by atoms with Gasteiger partial charge in [-0.1, -0.05) is 54.6 Å². The summed E-state index contributed by atoms with van der Waals surface area (Å²) in [7, 11) is 0. The number of benzene rings is 3. The van der Waals surface area contributed by atoms with E-state index >= 15 is 0 Å². The quantitative estimate of drug-likeness (QED) is 0.645. The molecule has 3 nitrogen and oxygen atoms in total. The summed E-state index contributed by atoms with van der Waals surface area (Å²) in [5.41, 5.74) is 7.82. The Labute approximate surface area is 159 Å². The van der Waals surface area contributed by atoms with Gasteiger partial charge in [0.2, 0.25) is 0 Å². The number of hydrogen-bond donors (Lipinski definition) is 1. The number of halogens is 2. The zero-order valence-corrected chi connectivity index (χ0v) is 15.0. The lowest BCUT2D eigenvalue weighted by Crippen LogP contribution is -2.11. The summed E-state index contributed by atoms with van der Waals surface area (Å²) in [6.45, 7) is 1.20. The highest BCUT2D eigenvalue weighted by Crippen LogP contribution is 2.34. The minimum absolute atomic E-state index is 0. The van der Waals surface area contributed by atoms with Crippen LogP contribution in [0.1, 0.15) is 5.56 Å². The SMILES string of the molecule is Cl.NCCOc1ccc(-c2ccccc2F)cc1OCc1ccccc1. The van der Waals surface area contributed by atoms with Gasteiger partial charge >= 0.3 is 0 Å². The van der Waals surface area contributed by atoms with Crippen molar-refractivity contribution in [3.05, 3.63) is 84.2 Å². The first-order valence-electron chi connectivity index (χ1n) is 8.16. The molecule has 0 aliphatic rings. The van der Waals surface area contributed by atoms with Gasteiger partial charge in [-0.25, -0.2) is 4.39 Å². The van der Waals surface area contributed by atoms with E-state index in [1.165, 1.54) is 6.07 Å². The number of ether oxygens (including phenoxy) is 2. The van der Waals surface area contributed by atoms with Crippen molar-refractivity contribution in [1.29, 1.82) is 0 Å². The monoisotopic (exact) mass is 373 g/mol. The third-order valence-electron chi connectivity index (χ3n) is 3.74. The van der Waals surface area contributed by atoms with Crippen LogP contribution in [0.2, 0.25) is 0 Å². The molecule has 0 heterocycles. The summed E-state index contributed by atoms with van der Waals surface area (Å²) in [5.74, 6) is 0.895. The van der Waals surface area contributed by atoms with E-state index in [0.29, 0.717) is 36.8 Å². The van der Waals surface area contributed by atoms with E-state index in [2.05, 4.69) is 0 Å². The van der Waals surface area contributed by atoms with Crippen LogP contribution in [-0.2, 0) is 6.61 Å². The van der Waals surface area contributed by atoms with E-state index in [1.54, 1.807) is 24.3 Å². The van der Waals surface area contributed by atoms with Crippen molar-refractivity contribution in [3.8, 4) is 22.6 Å². The molecule has 0 atom stereocenters. The summed E-state index contributed by atoms with van der Waals surface area (Å²) in [5, 5.41) is 0. The zero-order valence-electron chi connectivity index (χ0n) is 14.2. The fourth-order valence-electron chi connectivity index (χ4n) is 2.51. The Morgan fingerprint density at radius 3 is 2.27 bits per heavy atom. The molecule has 2 N–H and O–H groups in total. The third-order valence-corrected chi connectivity index (χ3v) is 3.74. The molecule has 0 amide bonds. The Morgan fingerprint density at radius 2 is 1.54 bits per heavy atom. The molecule has 3 aromatic rings. The summed E-state index contributed by atoms with van der Waals surface area (Å²) >= 11 is 0. The predicted octanol–water partition coefficient (Wildman–Crippen LogP) is 4.83. The van der Waals surface area contributed by atoms with E-state index in [1.807, 2.05) is 42.5 Å². The predicted molar refractivity (Wildman–Crippen MR) is 104 cm³/mol. The van der Waals surface area contributed by atoms with Gasteiger partial charge in [0.15, 0.2) is 11.5 Å². The van der Waals surface area contributed by atoms with Crippen LogP contribution in [0, 0.1) is 5.82 Å². The van der Waals surface area contributed by atoms with Crippen molar-refractivity contribution in [2.24, 2.45) is 5.73 Å². The molecule has 26 heavy (non-hydrogen) atoms. The first-order valence-corrected chi connectivity index (χ1v) is 8.16. The highest BCUT2D eigenvalue weighted by molar-refractivity contribution is 5.85. The molecule has 0 radical (unpaired) electrons. The first-order chi connectivity index (χ1) is 12.3. The molecule has 0 saturated carbocycles. The molecule has 0 bridgehead atoms. The maximum atomic E-state index is 14.1. The van der Waals surface area contributed by atoms with E-state index < -0.39 is 0 Å². The van der Waals surface area contributed by atoms with Gasteiger partial charge in [-0.3, -0.25) is 0 Å². The van der Waals surface area contributed by atoms with Crippen molar-refractivity contribution < 1.29 is 13.9 Å². The molecule has 0 aliphatic heterocycles. The van der Waals surface area contributed by atoms with Crippen LogP contribution in [0.4, 0.5) is 4.39 Å². The molecule has 136 valence electrons. The average Bonchev–Trinajstić information content (AvgIpc) is 2.66. The molecule has 0 fully saturated rings. The first kappa shape index (κ1) is 19.8. The number of nitrogens with two attached hydrogens (primary N) is 1. The van der Waals surface area contributed by atoms with Crippen LogP contribution >= 0.6 is 12.4 Å². The molecule has 0 saturated heterocycles. The molecule has 0 spiro atoms. The molecule has 0 aromatic heterocycles. The van der Waals surface area contributed by atoms with Crippen molar-refractivity contribution in [3.63, 3.8) is 0 Å². The fourth-order valence-corrected chi connectivity index (χ4v) is 2.51.